The number of hydrogen-bond donors (Lipinski definition) is 2. The third-order valence-electron chi connectivity index (χ3n) is 6.69. The Bertz CT molecular complexity index is 827. The van der Waals surface area contributed by atoms with Crippen LogP contribution < -0.4 is 20.1 Å². The van der Waals surface area contributed by atoms with E-state index in [1.54, 1.807) is 14.2 Å². The van der Waals surface area contributed by atoms with Gasteiger partial charge in [-0.05, 0) is 49.3 Å². The number of nitrogens with zero attached hydrogens (tertiary/aromatic N) is 1. The monoisotopic (exact) mass is 489 g/mol. The van der Waals surface area contributed by atoms with Gasteiger partial charge in [0.25, 0.3) is 0 Å². The van der Waals surface area contributed by atoms with Crippen molar-refractivity contribution in [1.82, 2.24) is 15.5 Å². The number of carbonyl (C=O) groups excluding carboxylic acids is 2. The van der Waals surface area contributed by atoms with Crippen LogP contribution in [0.3, 0.4) is 0 Å². The van der Waals surface area contributed by atoms with E-state index in [1.807, 2.05) is 23.1 Å². The van der Waals surface area contributed by atoms with Gasteiger partial charge in [0.05, 0.1) is 25.6 Å². The maximum absolute atomic E-state index is 13.6. The molecule has 0 radical (unpaired) electrons. The zero-order chi connectivity index (χ0) is 25.2. The Morgan fingerprint density at radius 1 is 1.11 bits per heavy atom. The van der Waals surface area contributed by atoms with Crippen LogP contribution in [0.25, 0.3) is 0 Å². The van der Waals surface area contributed by atoms with Gasteiger partial charge in [-0.1, -0.05) is 19.9 Å². The normalized spacial score (nSPS) is 19.9. The lowest BCUT2D eigenvalue weighted by molar-refractivity contribution is -0.138. The highest BCUT2D eigenvalue weighted by Crippen LogP contribution is 2.34. The first-order valence-electron chi connectivity index (χ1n) is 13.0. The fourth-order valence-electron chi connectivity index (χ4n) is 4.48. The Labute approximate surface area is 210 Å². The number of hydrogen-bond acceptors (Lipinski definition) is 6. The van der Waals surface area contributed by atoms with Crippen molar-refractivity contribution in [2.24, 2.45) is 17.8 Å². The molecule has 0 aromatic heterocycles. The molecule has 1 heterocycles. The van der Waals surface area contributed by atoms with Gasteiger partial charge in [0.2, 0.25) is 11.8 Å². The van der Waals surface area contributed by atoms with Crippen molar-refractivity contribution in [3.05, 3.63) is 23.8 Å². The predicted octanol–water partition coefficient (Wildman–Crippen LogP) is 2.99. The Morgan fingerprint density at radius 2 is 1.89 bits per heavy atom. The van der Waals surface area contributed by atoms with Gasteiger partial charge < -0.3 is 29.7 Å². The molecule has 1 aliphatic heterocycles. The minimum absolute atomic E-state index is 0.0547. The molecule has 0 bridgehead atoms. The summed E-state index contributed by atoms with van der Waals surface area (Å²) in [5.74, 6) is 1.75. The molecule has 2 N–H and O–H groups in total. The van der Waals surface area contributed by atoms with Crippen LogP contribution >= 0.6 is 0 Å². The molecule has 2 aliphatic rings. The molecule has 8 heteroatoms. The van der Waals surface area contributed by atoms with Crippen LogP contribution in [0.15, 0.2) is 18.2 Å². The first kappa shape index (κ1) is 27.3. The predicted molar refractivity (Wildman–Crippen MR) is 135 cm³/mol. The minimum atomic E-state index is -0.187. The van der Waals surface area contributed by atoms with Crippen molar-refractivity contribution in [3.8, 4) is 11.5 Å². The maximum atomic E-state index is 13.6. The molecule has 0 unspecified atom stereocenters. The molecule has 2 fully saturated rings. The largest absolute Gasteiger partial charge is 0.493 e. The number of amides is 2. The van der Waals surface area contributed by atoms with Crippen molar-refractivity contribution < 1.29 is 23.8 Å². The Balaban J connectivity index is 1.62. The lowest BCUT2D eigenvalue weighted by Crippen LogP contribution is -2.49. The second-order valence-corrected chi connectivity index (χ2v) is 10.1. The lowest BCUT2D eigenvalue weighted by Gasteiger charge is -2.33. The quantitative estimate of drug-likeness (QED) is 0.391. The molecule has 2 amide bonds. The summed E-state index contributed by atoms with van der Waals surface area (Å²) >= 11 is 0. The molecule has 1 aromatic carbocycles. The highest BCUT2D eigenvalue weighted by molar-refractivity contribution is 5.83. The van der Waals surface area contributed by atoms with E-state index in [0.717, 1.165) is 31.2 Å². The summed E-state index contributed by atoms with van der Waals surface area (Å²) in [6.45, 7) is 7.93. The molecular formula is C27H43N3O5. The third-order valence-corrected chi connectivity index (χ3v) is 6.69. The number of rotatable bonds is 14. The van der Waals surface area contributed by atoms with E-state index < -0.39 is 0 Å². The van der Waals surface area contributed by atoms with Gasteiger partial charge in [-0.25, -0.2) is 0 Å². The molecule has 196 valence electrons. The highest BCUT2D eigenvalue weighted by Gasteiger charge is 2.38. The van der Waals surface area contributed by atoms with Crippen LogP contribution in [-0.2, 0) is 20.9 Å². The first-order chi connectivity index (χ1) is 16.9. The first-order valence-corrected chi connectivity index (χ1v) is 13.0. The van der Waals surface area contributed by atoms with Crippen LogP contribution in [0.5, 0.6) is 11.5 Å². The number of ether oxygens (including phenoxy) is 3. The molecular weight excluding hydrogens is 446 g/mol. The van der Waals surface area contributed by atoms with Gasteiger partial charge in [-0.15, -0.1) is 0 Å². The van der Waals surface area contributed by atoms with E-state index in [4.69, 9.17) is 14.2 Å². The molecule has 1 saturated carbocycles. The summed E-state index contributed by atoms with van der Waals surface area (Å²) in [7, 11) is 3.30. The fourth-order valence-corrected chi connectivity index (χ4v) is 4.48. The molecule has 0 spiro atoms. The number of methoxy groups -OCH3 is 2. The molecule has 1 aliphatic carbocycles. The number of nitrogens with one attached hydrogen (secondary N) is 2. The van der Waals surface area contributed by atoms with Crippen LogP contribution in [-0.4, -0.2) is 69.8 Å². The zero-order valence-electron chi connectivity index (χ0n) is 21.8. The fraction of sp³-hybridized carbons (Fsp3) is 0.704. The topological polar surface area (TPSA) is 89.1 Å². The average molecular weight is 490 g/mol. The van der Waals surface area contributed by atoms with E-state index in [-0.39, 0.29) is 29.7 Å². The van der Waals surface area contributed by atoms with Crippen LogP contribution in [0.4, 0.5) is 0 Å². The molecule has 8 nitrogen and oxygen atoms in total. The standard InChI is InChI=1S/C27H43N3O5/c1-19(2)10-11-29-26(31)21-15-22(17-28-16-21)27(32)30(23-7-8-23)18-20-6-9-24(34-4)25(14-20)35-13-5-12-33-3/h6,9,14,19,21-23,28H,5,7-8,10-13,15-18H2,1-4H3,(H,29,31)/t21-,22-/m0/s1. The van der Waals surface area contributed by atoms with Gasteiger partial charge >= 0.3 is 0 Å². The van der Waals surface area contributed by atoms with Crippen LogP contribution in [0, 0.1) is 17.8 Å². The lowest BCUT2D eigenvalue weighted by atomic mass is 9.88. The van der Waals surface area contributed by atoms with E-state index >= 15 is 0 Å². The van der Waals surface area contributed by atoms with Gasteiger partial charge in [-0.3, -0.25) is 9.59 Å². The summed E-state index contributed by atoms with van der Waals surface area (Å²) in [6, 6.07) is 6.14. The van der Waals surface area contributed by atoms with Gasteiger partial charge in [-0.2, -0.15) is 0 Å². The SMILES string of the molecule is COCCCOc1cc(CN(C(=O)[C@@H]2CNC[C@@H](C(=O)NCCC(C)C)C2)C2CC2)ccc1OC. The smallest absolute Gasteiger partial charge is 0.227 e. The van der Waals surface area contributed by atoms with Crippen molar-refractivity contribution in [2.75, 3.05) is 47.1 Å². The average Bonchev–Trinajstić information content (AvgIpc) is 3.70. The summed E-state index contributed by atoms with van der Waals surface area (Å²) < 4.78 is 16.5. The maximum Gasteiger partial charge on any atom is 0.227 e. The number of carbonyl (C=O) groups is 2. The Morgan fingerprint density at radius 3 is 2.57 bits per heavy atom. The number of benzene rings is 1. The second-order valence-electron chi connectivity index (χ2n) is 10.1. The van der Waals surface area contributed by atoms with Crippen LogP contribution in [0.1, 0.15) is 51.5 Å². The summed E-state index contributed by atoms with van der Waals surface area (Å²) in [5, 5.41) is 6.38. The summed E-state index contributed by atoms with van der Waals surface area (Å²) in [4.78, 5) is 28.3. The van der Waals surface area contributed by atoms with E-state index in [2.05, 4.69) is 24.5 Å². The van der Waals surface area contributed by atoms with Gasteiger partial charge in [0, 0.05) is 52.4 Å². The Hall–Kier alpha value is -2.32. The van der Waals surface area contributed by atoms with Crippen molar-refractivity contribution in [1.29, 1.82) is 0 Å². The van der Waals surface area contributed by atoms with E-state index in [9.17, 15) is 9.59 Å². The molecule has 3 rings (SSSR count). The van der Waals surface area contributed by atoms with E-state index in [0.29, 0.717) is 63.2 Å². The molecule has 1 saturated heterocycles. The van der Waals surface area contributed by atoms with Crippen molar-refractivity contribution in [2.45, 2.75) is 58.5 Å². The van der Waals surface area contributed by atoms with Gasteiger partial charge in [0.1, 0.15) is 0 Å². The van der Waals surface area contributed by atoms with Crippen molar-refractivity contribution >= 4 is 11.8 Å². The van der Waals surface area contributed by atoms with Crippen LogP contribution in [0.2, 0.25) is 0 Å². The highest BCUT2D eigenvalue weighted by atomic mass is 16.5. The molecule has 1 aromatic rings. The summed E-state index contributed by atoms with van der Waals surface area (Å²) in [5.41, 5.74) is 1.01. The van der Waals surface area contributed by atoms with Gasteiger partial charge in [0.15, 0.2) is 11.5 Å². The third kappa shape index (κ3) is 8.39. The molecule has 35 heavy (non-hydrogen) atoms. The molecule has 2 atom stereocenters. The summed E-state index contributed by atoms with van der Waals surface area (Å²) in [6.07, 6.45) is 4.41. The second kappa shape index (κ2) is 13.7. The Kier molecular flexibility index (Phi) is 10.7. The minimum Gasteiger partial charge on any atom is -0.493 e. The van der Waals surface area contributed by atoms with Crippen molar-refractivity contribution in [3.63, 3.8) is 0 Å². The number of piperidine rings is 1. The van der Waals surface area contributed by atoms with E-state index in [1.165, 1.54) is 0 Å². The zero-order valence-corrected chi connectivity index (χ0v) is 21.8.